The molecule has 0 bridgehead atoms. The quantitative estimate of drug-likeness (QED) is 0.586. The minimum absolute atomic E-state index is 0.556. The van der Waals surface area contributed by atoms with E-state index in [2.05, 4.69) is 63.9 Å². The fraction of sp³-hybridized carbons (Fsp3) is 0.692. The first kappa shape index (κ1) is 13.4. The van der Waals surface area contributed by atoms with E-state index in [0.29, 0.717) is 12.0 Å². The lowest BCUT2D eigenvalue weighted by Crippen LogP contribution is -2.29. The van der Waals surface area contributed by atoms with Crippen molar-refractivity contribution < 1.29 is 0 Å². The van der Waals surface area contributed by atoms with Gasteiger partial charge in [0.25, 0.3) is 0 Å². The maximum atomic E-state index is 2.37. The topological polar surface area (TPSA) is 3.24 Å². The molecule has 0 spiro atoms. The Kier molecular flexibility index (Phi) is 7.50. The molecule has 1 unspecified atom stereocenters. The summed E-state index contributed by atoms with van der Waals surface area (Å²) in [7, 11) is 2.17. The predicted octanol–water partition coefficient (Wildman–Crippen LogP) is 3.49. The van der Waals surface area contributed by atoms with Crippen LogP contribution in [0.15, 0.2) is 24.3 Å². The second kappa shape index (κ2) is 7.81. The van der Waals surface area contributed by atoms with Gasteiger partial charge in [-0.25, -0.2) is 0 Å². The Morgan fingerprint density at radius 3 is 2.29 bits per heavy atom. The lowest BCUT2D eigenvalue weighted by molar-refractivity contribution is 0.297. The molecule has 0 aromatic rings. The highest BCUT2D eigenvalue weighted by atomic mass is 15.1. The summed E-state index contributed by atoms with van der Waals surface area (Å²) in [6, 6.07) is 0.556. The number of nitrogens with zero attached hydrogens (tertiary/aromatic N) is 1. The summed E-state index contributed by atoms with van der Waals surface area (Å²) in [5.41, 5.74) is 0. The third-order valence-electron chi connectivity index (χ3n) is 2.38. The number of rotatable bonds is 6. The SMILES string of the molecule is CC=CC(CC=CC(C)C)N(C)CC. The molecule has 0 aliphatic carbocycles. The molecule has 0 N–H and O–H groups in total. The molecule has 0 aromatic carbocycles. The van der Waals surface area contributed by atoms with E-state index in [1.165, 1.54) is 0 Å². The van der Waals surface area contributed by atoms with E-state index in [0.717, 1.165) is 13.0 Å². The van der Waals surface area contributed by atoms with Crippen LogP contribution < -0.4 is 0 Å². The minimum Gasteiger partial charge on any atom is -0.300 e. The van der Waals surface area contributed by atoms with Crippen LogP contribution in [-0.4, -0.2) is 24.5 Å². The molecule has 0 radical (unpaired) electrons. The van der Waals surface area contributed by atoms with Crippen LogP contribution in [0.5, 0.6) is 0 Å². The normalized spacial score (nSPS) is 15.1. The van der Waals surface area contributed by atoms with Crippen LogP contribution in [0.1, 0.15) is 34.1 Å². The van der Waals surface area contributed by atoms with Crippen molar-refractivity contribution in [3.05, 3.63) is 24.3 Å². The van der Waals surface area contributed by atoms with Crippen molar-refractivity contribution in [2.45, 2.75) is 40.2 Å². The Balaban J connectivity index is 4.09. The summed E-state index contributed by atoms with van der Waals surface area (Å²) in [5, 5.41) is 0. The smallest absolute Gasteiger partial charge is 0.0309 e. The Bertz CT molecular complexity index is 180. The first-order valence-electron chi connectivity index (χ1n) is 5.61. The van der Waals surface area contributed by atoms with Gasteiger partial charge in [0.15, 0.2) is 0 Å². The van der Waals surface area contributed by atoms with Crippen molar-refractivity contribution in [2.24, 2.45) is 5.92 Å². The fourth-order valence-corrected chi connectivity index (χ4v) is 1.35. The molecular weight excluding hydrogens is 170 g/mol. The van der Waals surface area contributed by atoms with Crippen LogP contribution >= 0.6 is 0 Å². The Morgan fingerprint density at radius 2 is 1.86 bits per heavy atom. The van der Waals surface area contributed by atoms with Crippen LogP contribution in [0.4, 0.5) is 0 Å². The van der Waals surface area contributed by atoms with Crippen LogP contribution in [0.3, 0.4) is 0 Å². The highest BCUT2D eigenvalue weighted by Crippen LogP contribution is 2.06. The molecule has 1 nitrogen and oxygen atoms in total. The number of allylic oxidation sites excluding steroid dienone is 2. The van der Waals surface area contributed by atoms with E-state index >= 15 is 0 Å². The molecule has 0 aliphatic rings. The summed E-state index contributed by atoms with van der Waals surface area (Å²) >= 11 is 0. The molecule has 1 heteroatoms. The van der Waals surface area contributed by atoms with Gasteiger partial charge in [0, 0.05) is 6.04 Å². The highest BCUT2D eigenvalue weighted by molar-refractivity contribution is 4.98. The third kappa shape index (κ3) is 5.98. The van der Waals surface area contributed by atoms with Gasteiger partial charge in [0.1, 0.15) is 0 Å². The molecule has 14 heavy (non-hydrogen) atoms. The second-order valence-corrected chi connectivity index (χ2v) is 4.07. The van der Waals surface area contributed by atoms with Crippen molar-refractivity contribution in [3.8, 4) is 0 Å². The molecule has 82 valence electrons. The Hall–Kier alpha value is -0.560. The standard InChI is InChI=1S/C13H25N/c1-6-9-13(14(5)7-2)11-8-10-12(3)4/h6,8-10,12-13H,7,11H2,1-5H3. The van der Waals surface area contributed by atoms with E-state index in [-0.39, 0.29) is 0 Å². The summed E-state index contributed by atoms with van der Waals surface area (Å²) in [6.45, 7) is 9.81. The van der Waals surface area contributed by atoms with Gasteiger partial charge < -0.3 is 0 Å². The monoisotopic (exact) mass is 195 g/mol. The zero-order valence-corrected chi connectivity index (χ0v) is 10.3. The third-order valence-corrected chi connectivity index (χ3v) is 2.38. The molecule has 0 fully saturated rings. The molecule has 1 atom stereocenters. The van der Waals surface area contributed by atoms with Gasteiger partial charge in [-0.15, -0.1) is 0 Å². The minimum atomic E-state index is 0.556. The van der Waals surface area contributed by atoms with Crippen LogP contribution in [-0.2, 0) is 0 Å². The number of hydrogen-bond acceptors (Lipinski definition) is 1. The van der Waals surface area contributed by atoms with Crippen molar-refractivity contribution in [3.63, 3.8) is 0 Å². The lowest BCUT2D eigenvalue weighted by Gasteiger charge is -2.22. The van der Waals surface area contributed by atoms with Gasteiger partial charge in [-0.1, -0.05) is 45.1 Å². The maximum Gasteiger partial charge on any atom is 0.0309 e. The zero-order chi connectivity index (χ0) is 11.0. The summed E-state index contributed by atoms with van der Waals surface area (Å²) in [5.74, 6) is 0.660. The summed E-state index contributed by atoms with van der Waals surface area (Å²) in [4.78, 5) is 2.37. The molecule has 0 aliphatic heterocycles. The molecule has 0 saturated heterocycles. The number of hydrogen-bond donors (Lipinski definition) is 0. The van der Waals surface area contributed by atoms with Gasteiger partial charge in [-0.3, -0.25) is 4.90 Å². The summed E-state index contributed by atoms with van der Waals surface area (Å²) in [6.07, 6.45) is 10.1. The predicted molar refractivity (Wildman–Crippen MR) is 65.5 cm³/mol. The maximum absolute atomic E-state index is 2.37. The van der Waals surface area contributed by atoms with Crippen LogP contribution in [0, 0.1) is 5.92 Å². The molecule has 0 rings (SSSR count). The highest BCUT2D eigenvalue weighted by Gasteiger charge is 2.06. The van der Waals surface area contributed by atoms with Gasteiger partial charge in [0.05, 0.1) is 0 Å². The second-order valence-electron chi connectivity index (χ2n) is 4.07. The molecular formula is C13H25N. The molecule has 0 amide bonds. The molecule has 0 saturated carbocycles. The van der Waals surface area contributed by atoms with Crippen molar-refractivity contribution in [1.29, 1.82) is 0 Å². The Morgan fingerprint density at radius 1 is 1.21 bits per heavy atom. The van der Waals surface area contributed by atoms with Gasteiger partial charge in [-0.2, -0.15) is 0 Å². The van der Waals surface area contributed by atoms with Gasteiger partial charge >= 0.3 is 0 Å². The Labute approximate surface area is 89.5 Å². The average molecular weight is 195 g/mol. The average Bonchev–Trinajstić information content (AvgIpc) is 2.15. The largest absolute Gasteiger partial charge is 0.300 e. The van der Waals surface area contributed by atoms with Crippen molar-refractivity contribution in [2.75, 3.05) is 13.6 Å². The van der Waals surface area contributed by atoms with E-state index < -0.39 is 0 Å². The van der Waals surface area contributed by atoms with E-state index in [1.807, 2.05) is 0 Å². The van der Waals surface area contributed by atoms with E-state index in [9.17, 15) is 0 Å². The zero-order valence-electron chi connectivity index (χ0n) is 10.3. The van der Waals surface area contributed by atoms with Gasteiger partial charge in [0.2, 0.25) is 0 Å². The van der Waals surface area contributed by atoms with Crippen LogP contribution in [0.25, 0.3) is 0 Å². The molecule has 0 heterocycles. The molecule has 0 aromatic heterocycles. The van der Waals surface area contributed by atoms with Gasteiger partial charge in [-0.05, 0) is 32.9 Å². The lowest BCUT2D eigenvalue weighted by atomic mass is 10.1. The van der Waals surface area contributed by atoms with Crippen LogP contribution in [0.2, 0.25) is 0 Å². The van der Waals surface area contributed by atoms with Crippen molar-refractivity contribution in [1.82, 2.24) is 4.90 Å². The first-order valence-corrected chi connectivity index (χ1v) is 5.61. The first-order chi connectivity index (χ1) is 6.61. The van der Waals surface area contributed by atoms with E-state index in [4.69, 9.17) is 0 Å². The van der Waals surface area contributed by atoms with Crippen molar-refractivity contribution >= 4 is 0 Å². The fourth-order valence-electron chi connectivity index (χ4n) is 1.35. The number of likely N-dealkylation sites (N-methyl/N-ethyl adjacent to an activating group) is 1. The summed E-state index contributed by atoms with van der Waals surface area (Å²) < 4.78 is 0. The van der Waals surface area contributed by atoms with E-state index in [1.54, 1.807) is 0 Å².